The minimum absolute atomic E-state index is 0.341. The Morgan fingerprint density at radius 1 is 1.00 bits per heavy atom. The lowest BCUT2D eigenvalue weighted by molar-refractivity contribution is 0.622. The van der Waals surface area contributed by atoms with Crippen molar-refractivity contribution in [3.63, 3.8) is 0 Å². The van der Waals surface area contributed by atoms with E-state index in [1.807, 2.05) is 29.6 Å². The first kappa shape index (κ1) is 12.4. The average Bonchev–Trinajstić information content (AvgIpc) is 2.90. The Morgan fingerprint density at radius 3 is 2.47 bits per heavy atom. The van der Waals surface area contributed by atoms with E-state index >= 15 is 0 Å². The monoisotopic (exact) mass is 334 g/mol. The fourth-order valence-electron chi connectivity index (χ4n) is 1.64. The van der Waals surface area contributed by atoms with Crippen LogP contribution in [0.2, 0.25) is 0 Å². The topological polar surface area (TPSA) is 25.8 Å². The van der Waals surface area contributed by atoms with Crippen molar-refractivity contribution in [1.82, 2.24) is 9.97 Å². The van der Waals surface area contributed by atoms with Gasteiger partial charge in [-0.15, -0.1) is 11.3 Å². The third-order valence-corrected chi connectivity index (χ3v) is 4.01. The van der Waals surface area contributed by atoms with E-state index in [2.05, 4.69) is 25.9 Å². The molecule has 3 rings (SSSR count). The third-order valence-electron chi connectivity index (χ3n) is 2.59. The Labute approximate surface area is 122 Å². The fourth-order valence-corrected chi connectivity index (χ4v) is 2.73. The van der Waals surface area contributed by atoms with E-state index in [0.29, 0.717) is 5.69 Å². The van der Waals surface area contributed by atoms with Gasteiger partial charge in [-0.2, -0.15) is 0 Å². The molecular weight excluding hydrogens is 327 g/mol. The van der Waals surface area contributed by atoms with Gasteiger partial charge in [0.25, 0.3) is 0 Å². The number of benzene rings is 1. The summed E-state index contributed by atoms with van der Waals surface area (Å²) in [4.78, 5) is 8.56. The first-order valence-electron chi connectivity index (χ1n) is 5.56. The molecule has 0 aliphatic rings. The summed E-state index contributed by atoms with van der Waals surface area (Å²) in [6.07, 6.45) is 1.20. The van der Waals surface area contributed by atoms with Gasteiger partial charge in [-0.1, -0.05) is 28.1 Å². The molecule has 0 unspecified atom stereocenters. The summed E-state index contributed by atoms with van der Waals surface area (Å²) in [7, 11) is 0. The molecule has 0 aliphatic carbocycles. The molecule has 19 heavy (non-hydrogen) atoms. The molecule has 0 amide bonds. The van der Waals surface area contributed by atoms with Crippen molar-refractivity contribution in [2.45, 2.75) is 0 Å². The van der Waals surface area contributed by atoms with Gasteiger partial charge in [0.15, 0.2) is 0 Å². The Balaban J connectivity index is 1.95. The quantitative estimate of drug-likeness (QED) is 0.674. The molecule has 0 saturated carbocycles. The van der Waals surface area contributed by atoms with Crippen molar-refractivity contribution in [3.05, 3.63) is 58.3 Å². The number of thiazole rings is 1. The van der Waals surface area contributed by atoms with Crippen molar-refractivity contribution in [1.29, 1.82) is 0 Å². The van der Waals surface area contributed by atoms with Gasteiger partial charge in [0.05, 0.1) is 11.9 Å². The minimum atomic E-state index is -0.341. The molecule has 94 valence electrons. The van der Waals surface area contributed by atoms with E-state index < -0.39 is 0 Å². The first-order chi connectivity index (χ1) is 9.22. The maximum atomic E-state index is 12.8. The van der Waals surface area contributed by atoms with Crippen molar-refractivity contribution >= 4 is 27.3 Å². The molecule has 0 spiro atoms. The van der Waals surface area contributed by atoms with Gasteiger partial charge in [0.2, 0.25) is 0 Å². The van der Waals surface area contributed by atoms with Crippen LogP contribution in [0.5, 0.6) is 0 Å². The Bertz CT molecular complexity index is 632. The number of nitrogens with zero attached hydrogens (tertiary/aromatic N) is 2. The Hall–Kier alpha value is -1.59. The number of aromatic nitrogens is 2. The standard InChI is InChI=1S/C14H8BrFN2S/c15-10-3-1-9(2-4-10)14-18-13(8-19-14)12-6-5-11(16)7-17-12/h1-8H. The van der Waals surface area contributed by atoms with Crippen LogP contribution in [0.1, 0.15) is 0 Å². The summed E-state index contributed by atoms with van der Waals surface area (Å²) in [5, 5.41) is 2.85. The maximum absolute atomic E-state index is 12.8. The molecule has 3 aromatic rings. The highest BCUT2D eigenvalue weighted by Gasteiger charge is 2.07. The van der Waals surface area contributed by atoms with Gasteiger partial charge in [0.1, 0.15) is 16.5 Å². The highest BCUT2D eigenvalue weighted by molar-refractivity contribution is 9.10. The van der Waals surface area contributed by atoms with Gasteiger partial charge in [-0.3, -0.25) is 4.98 Å². The zero-order valence-corrected chi connectivity index (χ0v) is 12.1. The molecule has 0 fully saturated rings. The molecule has 0 bridgehead atoms. The van der Waals surface area contributed by atoms with E-state index in [1.54, 1.807) is 17.4 Å². The lowest BCUT2D eigenvalue weighted by Crippen LogP contribution is -1.85. The number of halogens is 2. The molecule has 0 saturated heterocycles. The van der Waals surface area contributed by atoms with Crippen LogP contribution in [0.3, 0.4) is 0 Å². The summed E-state index contributed by atoms with van der Waals surface area (Å²) in [6, 6.07) is 11.0. The summed E-state index contributed by atoms with van der Waals surface area (Å²) >= 11 is 4.95. The molecular formula is C14H8BrFN2S. The number of hydrogen-bond donors (Lipinski definition) is 0. The van der Waals surface area contributed by atoms with Crippen LogP contribution in [-0.4, -0.2) is 9.97 Å². The summed E-state index contributed by atoms with van der Waals surface area (Å²) in [6.45, 7) is 0. The molecule has 2 aromatic heterocycles. The third kappa shape index (κ3) is 2.72. The van der Waals surface area contributed by atoms with Crippen molar-refractivity contribution in [2.75, 3.05) is 0 Å². The molecule has 2 heterocycles. The number of rotatable bonds is 2. The molecule has 0 atom stereocenters. The maximum Gasteiger partial charge on any atom is 0.141 e. The van der Waals surface area contributed by atoms with Gasteiger partial charge in [0, 0.05) is 15.4 Å². The Kier molecular flexibility index (Phi) is 3.40. The van der Waals surface area contributed by atoms with E-state index in [-0.39, 0.29) is 5.82 Å². The summed E-state index contributed by atoms with van der Waals surface area (Å²) in [5.74, 6) is -0.341. The SMILES string of the molecule is Fc1ccc(-c2csc(-c3ccc(Br)cc3)n2)nc1. The molecule has 0 aliphatic heterocycles. The second kappa shape index (κ2) is 5.19. The largest absolute Gasteiger partial charge is 0.252 e. The number of hydrogen-bond acceptors (Lipinski definition) is 3. The van der Waals surface area contributed by atoms with Crippen LogP contribution in [0.25, 0.3) is 22.0 Å². The van der Waals surface area contributed by atoms with Gasteiger partial charge >= 0.3 is 0 Å². The fraction of sp³-hybridized carbons (Fsp3) is 0. The average molecular weight is 335 g/mol. The molecule has 1 aromatic carbocycles. The van der Waals surface area contributed by atoms with Crippen LogP contribution < -0.4 is 0 Å². The highest BCUT2D eigenvalue weighted by atomic mass is 79.9. The van der Waals surface area contributed by atoms with Gasteiger partial charge in [-0.05, 0) is 24.3 Å². The van der Waals surface area contributed by atoms with Crippen molar-refractivity contribution in [3.8, 4) is 22.0 Å². The zero-order valence-electron chi connectivity index (χ0n) is 9.68. The molecule has 0 N–H and O–H groups in total. The van der Waals surface area contributed by atoms with Crippen LogP contribution in [-0.2, 0) is 0 Å². The highest BCUT2D eigenvalue weighted by Crippen LogP contribution is 2.28. The molecule has 2 nitrogen and oxygen atoms in total. The summed E-state index contributed by atoms with van der Waals surface area (Å²) in [5.41, 5.74) is 2.51. The lowest BCUT2D eigenvalue weighted by Gasteiger charge is -1.97. The minimum Gasteiger partial charge on any atom is -0.252 e. The molecule has 0 radical (unpaired) electrons. The van der Waals surface area contributed by atoms with E-state index in [9.17, 15) is 4.39 Å². The van der Waals surface area contributed by atoms with Crippen LogP contribution in [0.15, 0.2) is 52.4 Å². The lowest BCUT2D eigenvalue weighted by atomic mass is 10.2. The predicted molar refractivity (Wildman–Crippen MR) is 78.4 cm³/mol. The van der Waals surface area contributed by atoms with Gasteiger partial charge in [-0.25, -0.2) is 9.37 Å². The summed E-state index contributed by atoms with van der Waals surface area (Å²) < 4.78 is 13.9. The normalized spacial score (nSPS) is 10.6. The smallest absolute Gasteiger partial charge is 0.141 e. The number of pyridine rings is 1. The van der Waals surface area contributed by atoms with E-state index in [0.717, 1.165) is 20.7 Å². The van der Waals surface area contributed by atoms with Crippen LogP contribution >= 0.6 is 27.3 Å². The second-order valence-electron chi connectivity index (χ2n) is 3.91. The van der Waals surface area contributed by atoms with Crippen molar-refractivity contribution in [2.24, 2.45) is 0 Å². The first-order valence-corrected chi connectivity index (χ1v) is 7.23. The zero-order chi connectivity index (χ0) is 13.2. The van der Waals surface area contributed by atoms with Crippen molar-refractivity contribution < 1.29 is 4.39 Å². The predicted octanol–water partition coefficient (Wildman–Crippen LogP) is 4.77. The van der Waals surface area contributed by atoms with Crippen LogP contribution in [0.4, 0.5) is 4.39 Å². The molecule has 5 heteroatoms. The van der Waals surface area contributed by atoms with Gasteiger partial charge < -0.3 is 0 Å². The second-order valence-corrected chi connectivity index (χ2v) is 5.68. The van der Waals surface area contributed by atoms with Crippen LogP contribution in [0, 0.1) is 5.82 Å². The Morgan fingerprint density at radius 2 is 1.79 bits per heavy atom. The van der Waals surface area contributed by atoms with E-state index in [4.69, 9.17) is 0 Å². The van der Waals surface area contributed by atoms with E-state index in [1.165, 1.54) is 12.3 Å².